The molecule has 17 atom stereocenters. The maximum absolute atomic E-state index is 13.0. The molecule has 7 rings (SSSR count). The largest absolute Gasteiger partial charge is 0.481 e. The lowest BCUT2D eigenvalue weighted by Crippen LogP contribution is -2.66. The highest BCUT2D eigenvalue weighted by atomic mass is 16.8. The molecule has 0 radical (unpaired) electrons. The summed E-state index contributed by atoms with van der Waals surface area (Å²) in [6.07, 6.45) is -0.253. The number of carboxylic acid groups (broad SMARTS) is 1. The Hall–Kier alpha value is -1.15. The number of fused-ring (bicyclic) bond motifs is 7. The standard InChI is InChI=1S/C41H66O11/c1-21-28(43)30(45)31(46)33(50-21)52-32-29(44)24(42)20-49-34(32)51-27-12-13-38(6)25(37(27,4)5)11-14-40(8)26(38)10-9-22-23-19-36(2,3)15-17-41(23,35(47)48)18-16-39(22,40)7/h9,21,23-34,42-46H,10-20H2,1-8H3,(H,47,48)/t21-,23-,24-,25-,26+,27-,28-,29+,30+,31+,32+,33-,34-,38-,39+,40+,41-/m0/s1. The van der Waals surface area contributed by atoms with Gasteiger partial charge in [-0.1, -0.05) is 60.1 Å². The number of aliphatic hydroxyl groups excluding tert-OH is 5. The van der Waals surface area contributed by atoms with E-state index in [1.54, 1.807) is 6.92 Å². The molecule has 2 aliphatic heterocycles. The highest BCUT2D eigenvalue weighted by Gasteiger charge is 2.69. The zero-order valence-corrected chi connectivity index (χ0v) is 32.6. The molecule has 11 nitrogen and oxygen atoms in total. The summed E-state index contributed by atoms with van der Waals surface area (Å²) in [7, 11) is 0. The first-order valence-electron chi connectivity index (χ1n) is 20.1. The Bertz CT molecular complexity index is 1410. The van der Waals surface area contributed by atoms with Gasteiger partial charge in [0.2, 0.25) is 0 Å². The van der Waals surface area contributed by atoms with Gasteiger partial charge < -0.3 is 49.6 Å². The van der Waals surface area contributed by atoms with Gasteiger partial charge in [-0.3, -0.25) is 4.79 Å². The minimum absolute atomic E-state index is 0.0146. The van der Waals surface area contributed by atoms with Crippen molar-refractivity contribution in [1.82, 2.24) is 0 Å². The first kappa shape index (κ1) is 39.1. The van der Waals surface area contributed by atoms with Gasteiger partial charge in [0.1, 0.15) is 36.6 Å². The van der Waals surface area contributed by atoms with E-state index < -0.39 is 66.7 Å². The Morgan fingerprint density at radius 2 is 1.48 bits per heavy atom. The van der Waals surface area contributed by atoms with E-state index in [4.69, 9.17) is 18.9 Å². The highest BCUT2D eigenvalue weighted by molar-refractivity contribution is 5.76. The van der Waals surface area contributed by atoms with Crippen LogP contribution in [0, 0.1) is 50.2 Å². The van der Waals surface area contributed by atoms with E-state index in [1.807, 2.05) is 0 Å². The molecule has 4 saturated carbocycles. The lowest BCUT2D eigenvalue weighted by molar-refractivity contribution is -0.364. The van der Waals surface area contributed by atoms with Crippen LogP contribution in [0.2, 0.25) is 0 Å². The van der Waals surface area contributed by atoms with Crippen molar-refractivity contribution in [3.8, 4) is 0 Å². The minimum Gasteiger partial charge on any atom is -0.481 e. The van der Waals surface area contributed by atoms with Gasteiger partial charge in [0.25, 0.3) is 0 Å². The minimum atomic E-state index is -1.58. The second-order valence-electron chi connectivity index (χ2n) is 20.2. The number of carboxylic acids is 1. The Morgan fingerprint density at radius 1 is 0.788 bits per heavy atom. The van der Waals surface area contributed by atoms with E-state index in [0.717, 1.165) is 64.2 Å². The lowest BCUT2D eigenvalue weighted by Gasteiger charge is -2.71. The van der Waals surface area contributed by atoms with Gasteiger partial charge >= 0.3 is 5.97 Å². The predicted molar refractivity (Wildman–Crippen MR) is 191 cm³/mol. The van der Waals surface area contributed by atoms with E-state index in [9.17, 15) is 35.4 Å². The van der Waals surface area contributed by atoms with Gasteiger partial charge in [-0.2, -0.15) is 0 Å². The second kappa shape index (κ2) is 12.9. The van der Waals surface area contributed by atoms with Crippen molar-refractivity contribution >= 4 is 5.97 Å². The molecule has 0 unspecified atom stereocenters. The van der Waals surface area contributed by atoms with Crippen LogP contribution in [0.25, 0.3) is 0 Å². The van der Waals surface area contributed by atoms with Crippen LogP contribution >= 0.6 is 0 Å². The van der Waals surface area contributed by atoms with Gasteiger partial charge in [-0.25, -0.2) is 0 Å². The monoisotopic (exact) mass is 734 g/mol. The molecule has 7 aliphatic rings. The zero-order valence-electron chi connectivity index (χ0n) is 32.6. The third-order valence-corrected chi connectivity index (χ3v) is 16.8. The number of aliphatic hydroxyl groups is 5. The number of rotatable bonds is 5. The van der Waals surface area contributed by atoms with Crippen molar-refractivity contribution in [3.05, 3.63) is 11.6 Å². The molecule has 0 aromatic carbocycles. The number of hydrogen-bond acceptors (Lipinski definition) is 10. The van der Waals surface area contributed by atoms with E-state index in [0.29, 0.717) is 11.8 Å². The molecular weight excluding hydrogens is 668 g/mol. The van der Waals surface area contributed by atoms with E-state index in [2.05, 4.69) is 54.5 Å². The molecule has 2 heterocycles. The van der Waals surface area contributed by atoms with Crippen molar-refractivity contribution in [2.24, 2.45) is 50.2 Å². The molecular formula is C41H66O11. The number of carbonyl (C=O) groups is 1. The number of aliphatic carboxylic acids is 1. The maximum Gasteiger partial charge on any atom is 0.310 e. The smallest absolute Gasteiger partial charge is 0.310 e. The molecule has 5 aliphatic carbocycles. The van der Waals surface area contributed by atoms with Crippen molar-refractivity contribution in [3.63, 3.8) is 0 Å². The highest BCUT2D eigenvalue weighted by Crippen LogP contribution is 2.76. The third kappa shape index (κ3) is 5.64. The molecule has 2 saturated heterocycles. The summed E-state index contributed by atoms with van der Waals surface area (Å²) in [5, 5.41) is 63.6. The Balaban J connectivity index is 1.13. The van der Waals surface area contributed by atoms with E-state index >= 15 is 0 Å². The molecule has 0 aromatic rings. The fourth-order valence-electron chi connectivity index (χ4n) is 13.3. The summed E-state index contributed by atoms with van der Waals surface area (Å²) >= 11 is 0. The molecule has 6 fully saturated rings. The van der Waals surface area contributed by atoms with Crippen molar-refractivity contribution in [2.45, 2.75) is 181 Å². The first-order valence-corrected chi connectivity index (χ1v) is 20.1. The van der Waals surface area contributed by atoms with Crippen LogP contribution < -0.4 is 0 Å². The molecule has 0 amide bonds. The molecule has 11 heteroatoms. The van der Waals surface area contributed by atoms with Crippen molar-refractivity contribution < 1.29 is 54.4 Å². The topological polar surface area (TPSA) is 175 Å². The second-order valence-corrected chi connectivity index (χ2v) is 20.2. The summed E-state index contributed by atoms with van der Waals surface area (Å²) < 4.78 is 24.5. The summed E-state index contributed by atoms with van der Waals surface area (Å²) in [4.78, 5) is 13.0. The summed E-state index contributed by atoms with van der Waals surface area (Å²) in [5.41, 5.74) is 0.579. The van der Waals surface area contributed by atoms with Crippen LogP contribution in [0.5, 0.6) is 0 Å². The lowest BCUT2D eigenvalue weighted by atomic mass is 9.33. The molecule has 296 valence electrons. The quantitative estimate of drug-likeness (QED) is 0.173. The summed E-state index contributed by atoms with van der Waals surface area (Å²) in [5.74, 6) is 0.219. The fraction of sp³-hybridized carbons (Fsp3) is 0.927. The van der Waals surface area contributed by atoms with Crippen LogP contribution in [0.3, 0.4) is 0 Å². The van der Waals surface area contributed by atoms with Crippen LogP contribution in [0.15, 0.2) is 11.6 Å². The third-order valence-electron chi connectivity index (χ3n) is 16.8. The van der Waals surface area contributed by atoms with Gasteiger partial charge in [0, 0.05) is 0 Å². The van der Waals surface area contributed by atoms with E-state index in [1.165, 1.54) is 5.57 Å². The van der Waals surface area contributed by atoms with Gasteiger partial charge in [-0.15, -0.1) is 0 Å². The average molecular weight is 735 g/mol. The number of hydrogen-bond donors (Lipinski definition) is 6. The van der Waals surface area contributed by atoms with Gasteiger partial charge in [0.05, 0.1) is 24.2 Å². The average Bonchev–Trinajstić information content (AvgIpc) is 3.06. The number of allylic oxidation sites excluding steroid dienone is 2. The first-order chi connectivity index (χ1) is 24.1. The van der Waals surface area contributed by atoms with Crippen LogP contribution in [0.1, 0.15) is 120 Å². The fourth-order valence-corrected chi connectivity index (χ4v) is 13.3. The Kier molecular flexibility index (Phi) is 9.74. The van der Waals surface area contributed by atoms with Gasteiger partial charge in [0.15, 0.2) is 12.6 Å². The molecule has 0 spiro atoms. The number of ether oxygens (including phenoxy) is 4. The molecule has 0 aromatic heterocycles. The molecule has 52 heavy (non-hydrogen) atoms. The maximum atomic E-state index is 13.0. The molecule has 6 N–H and O–H groups in total. The normalized spacial score (nSPS) is 54.1. The van der Waals surface area contributed by atoms with Crippen LogP contribution in [-0.4, -0.2) is 105 Å². The predicted octanol–water partition coefficient (Wildman–Crippen LogP) is 4.55. The van der Waals surface area contributed by atoms with Crippen molar-refractivity contribution in [1.29, 1.82) is 0 Å². The Morgan fingerprint density at radius 3 is 2.17 bits per heavy atom. The SMILES string of the molecule is C[C@@H]1O[C@@H](O[C@H]2[C@H](O[C@H]3CC[C@]4(C)[C@H]5CC=C6[C@@H]7CC(C)(C)CC[C@]7(C(=O)O)CC[C@@]6(C)[C@]5(C)CC[C@H]4C3(C)C)OC[C@H](O)[C@H]2O)[C@H](O)[C@H](O)[C@H]1O. The zero-order chi connectivity index (χ0) is 38.0. The van der Waals surface area contributed by atoms with Crippen LogP contribution in [0.4, 0.5) is 0 Å². The molecule has 0 bridgehead atoms. The summed E-state index contributed by atoms with van der Waals surface area (Å²) in [6, 6.07) is 0. The Labute approximate surface area is 309 Å². The van der Waals surface area contributed by atoms with Crippen molar-refractivity contribution in [2.75, 3.05) is 6.61 Å². The van der Waals surface area contributed by atoms with Crippen LogP contribution in [-0.2, 0) is 23.7 Å². The van der Waals surface area contributed by atoms with Gasteiger partial charge in [-0.05, 0) is 116 Å². The van der Waals surface area contributed by atoms with E-state index in [-0.39, 0.29) is 45.7 Å². The summed E-state index contributed by atoms with van der Waals surface area (Å²) in [6.45, 7) is 18.1.